The van der Waals surface area contributed by atoms with Crippen LogP contribution in [0.3, 0.4) is 0 Å². The van der Waals surface area contributed by atoms with E-state index < -0.39 is 11.6 Å². The molecule has 20 heavy (non-hydrogen) atoms. The smallest absolute Gasteiger partial charge is 0.145 e. The Balaban J connectivity index is 2.10. The van der Waals surface area contributed by atoms with Crippen molar-refractivity contribution in [2.45, 2.75) is 6.54 Å². The van der Waals surface area contributed by atoms with Gasteiger partial charge in [-0.15, -0.1) is 0 Å². The zero-order valence-corrected chi connectivity index (χ0v) is 12.0. The standard InChI is InChI=1S/C15H11BrF2N2/c16-12-3-4-13(17)11(15(12)18)8-20-6-5-9-1-2-10(19)7-14(9)20/h1-7H,8,19H2. The topological polar surface area (TPSA) is 30.9 Å². The molecular formula is C15H11BrF2N2. The minimum atomic E-state index is -0.573. The molecule has 0 aliphatic carbocycles. The summed E-state index contributed by atoms with van der Waals surface area (Å²) in [4.78, 5) is 0. The molecule has 0 atom stereocenters. The van der Waals surface area contributed by atoms with Crippen LogP contribution in [-0.4, -0.2) is 4.57 Å². The van der Waals surface area contributed by atoms with Crippen LogP contribution in [0.15, 0.2) is 47.1 Å². The SMILES string of the molecule is Nc1ccc2ccn(Cc3c(F)ccc(Br)c3F)c2c1. The van der Waals surface area contributed by atoms with Crippen molar-refractivity contribution >= 4 is 32.5 Å². The van der Waals surface area contributed by atoms with Crippen molar-refractivity contribution in [1.29, 1.82) is 0 Å². The Kier molecular flexibility index (Phi) is 3.22. The molecule has 2 nitrogen and oxygen atoms in total. The molecule has 5 heteroatoms. The maximum absolute atomic E-state index is 14.0. The van der Waals surface area contributed by atoms with Crippen LogP contribution in [0, 0.1) is 11.6 Å². The fourth-order valence-electron chi connectivity index (χ4n) is 2.22. The van der Waals surface area contributed by atoms with E-state index in [1.165, 1.54) is 12.1 Å². The van der Waals surface area contributed by atoms with Gasteiger partial charge in [0.15, 0.2) is 0 Å². The average Bonchev–Trinajstić information content (AvgIpc) is 2.81. The first-order chi connectivity index (χ1) is 9.56. The Hall–Kier alpha value is -1.88. The van der Waals surface area contributed by atoms with Gasteiger partial charge in [0.25, 0.3) is 0 Å². The van der Waals surface area contributed by atoms with E-state index in [9.17, 15) is 8.78 Å². The number of anilines is 1. The van der Waals surface area contributed by atoms with Crippen LogP contribution >= 0.6 is 15.9 Å². The van der Waals surface area contributed by atoms with Gasteiger partial charge in [-0.3, -0.25) is 0 Å². The predicted molar refractivity (Wildman–Crippen MR) is 79.5 cm³/mol. The normalized spacial score (nSPS) is 11.2. The maximum Gasteiger partial charge on any atom is 0.145 e. The Labute approximate surface area is 122 Å². The molecule has 0 fully saturated rings. The molecule has 3 aromatic rings. The predicted octanol–water partition coefficient (Wildman–Crippen LogP) is 4.31. The number of aromatic nitrogens is 1. The fraction of sp³-hybridized carbons (Fsp3) is 0.0667. The summed E-state index contributed by atoms with van der Waals surface area (Å²) in [6.45, 7) is 0.115. The Morgan fingerprint density at radius 2 is 1.90 bits per heavy atom. The summed E-state index contributed by atoms with van der Waals surface area (Å²) < 4.78 is 29.8. The van der Waals surface area contributed by atoms with E-state index >= 15 is 0 Å². The molecule has 2 N–H and O–H groups in total. The second-order valence-electron chi connectivity index (χ2n) is 4.58. The van der Waals surface area contributed by atoms with Gasteiger partial charge in [0.1, 0.15) is 11.6 Å². The number of fused-ring (bicyclic) bond motifs is 1. The number of nitrogens with zero attached hydrogens (tertiary/aromatic N) is 1. The molecule has 0 radical (unpaired) electrons. The third-order valence-corrected chi connectivity index (χ3v) is 3.88. The number of nitrogen functional groups attached to an aromatic ring is 1. The maximum atomic E-state index is 14.0. The molecule has 1 heterocycles. The third-order valence-electron chi connectivity index (χ3n) is 3.27. The number of hydrogen-bond donors (Lipinski definition) is 1. The first-order valence-corrected chi connectivity index (χ1v) is 6.82. The molecule has 102 valence electrons. The summed E-state index contributed by atoms with van der Waals surface area (Å²) in [5.41, 5.74) is 7.26. The molecule has 0 bridgehead atoms. The molecule has 0 amide bonds. The number of benzene rings is 2. The lowest BCUT2D eigenvalue weighted by Gasteiger charge is -2.09. The second kappa shape index (κ2) is 4.90. The minimum absolute atomic E-state index is 0.0271. The van der Waals surface area contributed by atoms with Gasteiger partial charge in [-0.25, -0.2) is 8.78 Å². The van der Waals surface area contributed by atoms with Crippen molar-refractivity contribution in [3.63, 3.8) is 0 Å². The molecule has 3 rings (SSSR count). The van der Waals surface area contributed by atoms with Crippen molar-refractivity contribution in [3.8, 4) is 0 Å². The number of halogens is 3. The van der Waals surface area contributed by atoms with Crippen LogP contribution < -0.4 is 5.73 Å². The van der Waals surface area contributed by atoms with E-state index in [1.807, 2.05) is 12.1 Å². The van der Waals surface area contributed by atoms with Gasteiger partial charge in [0.05, 0.1) is 16.5 Å². The highest BCUT2D eigenvalue weighted by Gasteiger charge is 2.13. The van der Waals surface area contributed by atoms with Crippen LogP contribution in [0.1, 0.15) is 5.56 Å². The summed E-state index contributed by atoms with van der Waals surface area (Å²) in [6, 6.07) is 9.98. The lowest BCUT2D eigenvalue weighted by atomic mass is 10.2. The molecule has 0 saturated carbocycles. The highest BCUT2D eigenvalue weighted by Crippen LogP contribution is 2.25. The number of nitrogens with two attached hydrogens (primary N) is 1. The Morgan fingerprint density at radius 1 is 1.10 bits per heavy atom. The van der Waals surface area contributed by atoms with Gasteiger partial charge in [0, 0.05) is 17.4 Å². The molecule has 0 aliphatic rings. The van der Waals surface area contributed by atoms with Gasteiger partial charge in [-0.2, -0.15) is 0 Å². The fourth-order valence-corrected chi connectivity index (χ4v) is 2.59. The first-order valence-electron chi connectivity index (χ1n) is 6.03. The zero-order valence-electron chi connectivity index (χ0n) is 10.4. The highest BCUT2D eigenvalue weighted by molar-refractivity contribution is 9.10. The van der Waals surface area contributed by atoms with Crippen LogP contribution in [0.5, 0.6) is 0 Å². The third kappa shape index (κ3) is 2.18. The molecule has 0 unspecified atom stereocenters. The first kappa shape index (κ1) is 13.1. The summed E-state index contributed by atoms with van der Waals surface area (Å²) in [5, 5.41) is 0.981. The Bertz CT molecular complexity index is 796. The van der Waals surface area contributed by atoms with E-state index in [2.05, 4.69) is 15.9 Å². The Morgan fingerprint density at radius 3 is 2.70 bits per heavy atom. The van der Waals surface area contributed by atoms with E-state index in [0.717, 1.165) is 10.9 Å². The zero-order chi connectivity index (χ0) is 14.3. The van der Waals surface area contributed by atoms with Crippen LogP contribution in [-0.2, 0) is 6.54 Å². The van der Waals surface area contributed by atoms with E-state index in [1.54, 1.807) is 22.9 Å². The van der Waals surface area contributed by atoms with Gasteiger partial charge < -0.3 is 10.3 Å². The molecule has 2 aromatic carbocycles. The van der Waals surface area contributed by atoms with Crippen molar-refractivity contribution in [3.05, 3.63) is 64.3 Å². The second-order valence-corrected chi connectivity index (χ2v) is 5.44. The molecular weight excluding hydrogens is 326 g/mol. The largest absolute Gasteiger partial charge is 0.399 e. The molecule has 1 aromatic heterocycles. The summed E-state index contributed by atoms with van der Waals surface area (Å²) >= 11 is 3.07. The van der Waals surface area contributed by atoms with Crippen molar-refractivity contribution < 1.29 is 8.78 Å². The van der Waals surface area contributed by atoms with Crippen molar-refractivity contribution in [1.82, 2.24) is 4.57 Å². The van der Waals surface area contributed by atoms with Gasteiger partial charge in [-0.05, 0) is 51.6 Å². The molecule has 0 saturated heterocycles. The summed E-state index contributed by atoms with van der Waals surface area (Å²) in [7, 11) is 0. The van der Waals surface area contributed by atoms with Gasteiger partial charge in [-0.1, -0.05) is 6.07 Å². The van der Waals surface area contributed by atoms with E-state index in [-0.39, 0.29) is 16.6 Å². The summed E-state index contributed by atoms with van der Waals surface area (Å²) in [6.07, 6.45) is 1.80. The monoisotopic (exact) mass is 336 g/mol. The quantitative estimate of drug-likeness (QED) is 0.548. The average molecular weight is 337 g/mol. The van der Waals surface area contributed by atoms with Gasteiger partial charge >= 0.3 is 0 Å². The van der Waals surface area contributed by atoms with Crippen molar-refractivity contribution in [2.75, 3.05) is 5.73 Å². The lowest BCUT2D eigenvalue weighted by molar-refractivity contribution is 0.543. The van der Waals surface area contributed by atoms with Crippen LogP contribution in [0.4, 0.5) is 14.5 Å². The van der Waals surface area contributed by atoms with E-state index in [0.29, 0.717) is 5.69 Å². The van der Waals surface area contributed by atoms with Gasteiger partial charge in [0.2, 0.25) is 0 Å². The molecule has 0 aliphatic heterocycles. The highest BCUT2D eigenvalue weighted by atomic mass is 79.9. The lowest BCUT2D eigenvalue weighted by Crippen LogP contribution is -2.04. The molecule has 0 spiro atoms. The van der Waals surface area contributed by atoms with Crippen molar-refractivity contribution in [2.24, 2.45) is 0 Å². The van der Waals surface area contributed by atoms with E-state index in [4.69, 9.17) is 5.73 Å². The number of hydrogen-bond acceptors (Lipinski definition) is 1. The summed E-state index contributed by atoms with van der Waals surface area (Å²) in [5.74, 6) is -1.13. The van der Waals surface area contributed by atoms with Crippen LogP contribution in [0.25, 0.3) is 10.9 Å². The number of rotatable bonds is 2. The van der Waals surface area contributed by atoms with Crippen LogP contribution in [0.2, 0.25) is 0 Å². The minimum Gasteiger partial charge on any atom is -0.399 e.